The van der Waals surface area contributed by atoms with Gasteiger partial charge >= 0.3 is 6.18 Å². The number of hydrogen-bond donors (Lipinski definition) is 1. The van der Waals surface area contributed by atoms with Crippen LogP contribution in [0.1, 0.15) is 42.8 Å². The summed E-state index contributed by atoms with van der Waals surface area (Å²) in [6.07, 6.45) is -1.18. The third-order valence-electron chi connectivity index (χ3n) is 4.73. The Bertz CT molecular complexity index is 508. The summed E-state index contributed by atoms with van der Waals surface area (Å²) >= 11 is 1.16. The SMILES string of the molecule is CC1(CN2CCCC(c3nc(C(F)(F)F)cs3)C2)CCNC1. The van der Waals surface area contributed by atoms with Gasteiger partial charge in [0.2, 0.25) is 0 Å². The zero-order valence-corrected chi connectivity index (χ0v) is 13.6. The summed E-state index contributed by atoms with van der Waals surface area (Å²) in [5, 5.41) is 5.20. The summed E-state index contributed by atoms with van der Waals surface area (Å²) in [6.45, 7) is 7.29. The van der Waals surface area contributed by atoms with Crippen LogP contribution < -0.4 is 5.32 Å². The van der Waals surface area contributed by atoms with Crippen LogP contribution in [-0.2, 0) is 6.18 Å². The molecule has 3 nitrogen and oxygen atoms in total. The molecule has 0 radical (unpaired) electrons. The zero-order valence-electron chi connectivity index (χ0n) is 12.7. The topological polar surface area (TPSA) is 28.2 Å². The largest absolute Gasteiger partial charge is 0.434 e. The first-order valence-corrected chi connectivity index (χ1v) is 8.69. The Kier molecular flexibility index (Phi) is 4.49. The van der Waals surface area contributed by atoms with Crippen LogP contribution >= 0.6 is 11.3 Å². The zero-order chi connectivity index (χ0) is 15.8. The highest BCUT2D eigenvalue weighted by atomic mass is 32.1. The van der Waals surface area contributed by atoms with Gasteiger partial charge in [-0.05, 0) is 37.8 Å². The van der Waals surface area contributed by atoms with Crippen molar-refractivity contribution in [2.45, 2.75) is 38.3 Å². The van der Waals surface area contributed by atoms with E-state index in [1.165, 1.54) is 6.42 Å². The van der Waals surface area contributed by atoms with Crippen LogP contribution in [0.4, 0.5) is 13.2 Å². The fraction of sp³-hybridized carbons (Fsp3) is 0.800. The Labute approximate surface area is 132 Å². The minimum atomic E-state index is -4.33. The summed E-state index contributed by atoms with van der Waals surface area (Å²) in [5.74, 6) is 0.146. The molecule has 3 rings (SSSR count). The molecule has 2 fully saturated rings. The molecular formula is C15H22F3N3S. The Morgan fingerprint density at radius 2 is 2.32 bits per heavy atom. The smallest absolute Gasteiger partial charge is 0.316 e. The third-order valence-corrected chi connectivity index (χ3v) is 5.74. The van der Waals surface area contributed by atoms with Gasteiger partial charge in [-0.2, -0.15) is 13.2 Å². The summed E-state index contributed by atoms with van der Waals surface area (Å²) < 4.78 is 38.1. The van der Waals surface area contributed by atoms with Crippen molar-refractivity contribution >= 4 is 11.3 Å². The van der Waals surface area contributed by atoms with Crippen molar-refractivity contribution < 1.29 is 13.2 Å². The van der Waals surface area contributed by atoms with Gasteiger partial charge < -0.3 is 10.2 Å². The predicted octanol–water partition coefficient (Wildman–Crippen LogP) is 3.34. The van der Waals surface area contributed by atoms with Crippen LogP contribution in [0.25, 0.3) is 0 Å². The van der Waals surface area contributed by atoms with E-state index in [9.17, 15) is 13.2 Å². The van der Waals surface area contributed by atoms with E-state index in [1.807, 2.05) is 0 Å². The van der Waals surface area contributed by atoms with Gasteiger partial charge in [-0.3, -0.25) is 0 Å². The molecule has 2 atom stereocenters. The predicted molar refractivity (Wildman–Crippen MR) is 81.1 cm³/mol. The summed E-state index contributed by atoms with van der Waals surface area (Å²) in [5.41, 5.74) is -0.446. The Morgan fingerprint density at radius 1 is 1.50 bits per heavy atom. The van der Waals surface area contributed by atoms with Gasteiger partial charge in [0, 0.05) is 30.9 Å². The average molecular weight is 333 g/mol. The second-order valence-corrected chi connectivity index (χ2v) is 7.77. The van der Waals surface area contributed by atoms with Crippen molar-refractivity contribution in [1.82, 2.24) is 15.2 Å². The normalized spacial score (nSPS) is 30.8. The van der Waals surface area contributed by atoms with Crippen LogP contribution in [0.2, 0.25) is 0 Å². The standard InChI is InChI=1S/C15H22F3N3S/c1-14(4-5-19-9-14)10-21-6-2-3-11(7-21)13-20-12(8-22-13)15(16,17)18/h8,11,19H,2-7,9-10H2,1H3. The molecule has 22 heavy (non-hydrogen) atoms. The number of halogens is 3. The lowest BCUT2D eigenvalue weighted by molar-refractivity contribution is -0.140. The second-order valence-electron chi connectivity index (χ2n) is 6.88. The molecule has 2 saturated heterocycles. The molecule has 0 saturated carbocycles. The molecular weight excluding hydrogens is 311 g/mol. The highest BCUT2D eigenvalue weighted by Gasteiger charge is 2.36. The highest BCUT2D eigenvalue weighted by molar-refractivity contribution is 7.09. The lowest BCUT2D eigenvalue weighted by atomic mass is 9.87. The first-order chi connectivity index (χ1) is 10.4. The van der Waals surface area contributed by atoms with Gasteiger partial charge in [-0.15, -0.1) is 11.3 Å². The molecule has 124 valence electrons. The van der Waals surface area contributed by atoms with E-state index in [-0.39, 0.29) is 5.92 Å². The fourth-order valence-corrected chi connectivity index (χ4v) is 4.50. The van der Waals surface area contributed by atoms with Crippen LogP contribution in [0.15, 0.2) is 5.38 Å². The van der Waals surface area contributed by atoms with Gasteiger partial charge in [-0.25, -0.2) is 4.98 Å². The van der Waals surface area contributed by atoms with E-state index in [0.29, 0.717) is 10.4 Å². The number of piperidine rings is 1. The van der Waals surface area contributed by atoms with Gasteiger partial charge in [0.1, 0.15) is 0 Å². The first-order valence-electron chi connectivity index (χ1n) is 7.81. The molecule has 0 spiro atoms. The number of nitrogens with zero attached hydrogens (tertiary/aromatic N) is 2. The maximum atomic E-state index is 12.7. The Hall–Kier alpha value is -0.660. The van der Waals surface area contributed by atoms with E-state index < -0.39 is 11.9 Å². The molecule has 1 aromatic rings. The highest BCUT2D eigenvalue weighted by Crippen LogP contribution is 2.36. The number of rotatable bonds is 3. The van der Waals surface area contributed by atoms with Crippen LogP contribution in [0.3, 0.4) is 0 Å². The Morgan fingerprint density at radius 3 is 2.95 bits per heavy atom. The van der Waals surface area contributed by atoms with Crippen LogP contribution in [-0.4, -0.2) is 42.6 Å². The van der Waals surface area contributed by atoms with Crippen LogP contribution in [0.5, 0.6) is 0 Å². The third kappa shape index (κ3) is 3.63. The molecule has 1 N–H and O–H groups in total. The van der Waals surface area contributed by atoms with Crippen molar-refractivity contribution in [3.8, 4) is 0 Å². The number of hydrogen-bond acceptors (Lipinski definition) is 4. The molecule has 3 heterocycles. The van der Waals surface area contributed by atoms with E-state index in [1.54, 1.807) is 0 Å². The average Bonchev–Trinajstić information content (AvgIpc) is 3.07. The first kappa shape index (κ1) is 16.2. The van der Waals surface area contributed by atoms with Gasteiger partial charge in [0.25, 0.3) is 0 Å². The van der Waals surface area contributed by atoms with E-state index in [0.717, 1.165) is 62.3 Å². The van der Waals surface area contributed by atoms with Crippen molar-refractivity contribution in [3.63, 3.8) is 0 Å². The molecule has 0 aromatic carbocycles. The van der Waals surface area contributed by atoms with Crippen molar-refractivity contribution in [3.05, 3.63) is 16.1 Å². The van der Waals surface area contributed by atoms with Gasteiger partial charge in [0.15, 0.2) is 5.69 Å². The lowest BCUT2D eigenvalue weighted by Gasteiger charge is -2.37. The van der Waals surface area contributed by atoms with Gasteiger partial charge in [0.05, 0.1) is 5.01 Å². The number of alkyl halides is 3. The number of likely N-dealkylation sites (tertiary alicyclic amines) is 1. The minimum absolute atomic E-state index is 0.146. The molecule has 2 aliphatic rings. The van der Waals surface area contributed by atoms with E-state index >= 15 is 0 Å². The quantitative estimate of drug-likeness (QED) is 0.919. The van der Waals surface area contributed by atoms with Crippen molar-refractivity contribution in [1.29, 1.82) is 0 Å². The van der Waals surface area contributed by atoms with E-state index in [2.05, 4.69) is 22.1 Å². The molecule has 0 aliphatic carbocycles. The molecule has 2 aliphatic heterocycles. The minimum Gasteiger partial charge on any atom is -0.316 e. The maximum absolute atomic E-state index is 12.7. The summed E-state index contributed by atoms with van der Waals surface area (Å²) in [6, 6.07) is 0. The molecule has 2 unspecified atom stereocenters. The number of thiazole rings is 1. The van der Waals surface area contributed by atoms with Gasteiger partial charge in [-0.1, -0.05) is 6.92 Å². The number of aromatic nitrogens is 1. The monoisotopic (exact) mass is 333 g/mol. The fourth-order valence-electron chi connectivity index (χ4n) is 3.55. The summed E-state index contributed by atoms with van der Waals surface area (Å²) in [4.78, 5) is 6.26. The van der Waals surface area contributed by atoms with Crippen molar-refractivity contribution in [2.24, 2.45) is 5.41 Å². The molecule has 0 amide bonds. The van der Waals surface area contributed by atoms with Crippen molar-refractivity contribution in [2.75, 3.05) is 32.7 Å². The lowest BCUT2D eigenvalue weighted by Crippen LogP contribution is -2.42. The van der Waals surface area contributed by atoms with E-state index in [4.69, 9.17) is 0 Å². The maximum Gasteiger partial charge on any atom is 0.434 e. The Balaban J connectivity index is 1.64. The number of nitrogens with one attached hydrogen (secondary N) is 1. The molecule has 7 heteroatoms. The molecule has 1 aromatic heterocycles. The van der Waals surface area contributed by atoms with Crippen LogP contribution in [0, 0.1) is 5.41 Å². The summed E-state index contributed by atoms with van der Waals surface area (Å²) in [7, 11) is 0. The second kappa shape index (κ2) is 6.09. The molecule has 0 bridgehead atoms.